The van der Waals surface area contributed by atoms with E-state index in [9.17, 15) is 13.2 Å². The third-order valence-electron chi connectivity index (χ3n) is 5.12. The third-order valence-corrected chi connectivity index (χ3v) is 7.40. The molecule has 0 atom stereocenters. The van der Waals surface area contributed by atoms with Gasteiger partial charge < -0.3 is 5.32 Å². The summed E-state index contributed by atoms with van der Waals surface area (Å²) in [7, 11) is -3.28. The summed E-state index contributed by atoms with van der Waals surface area (Å²) in [5.74, 6) is -0.174. The predicted molar refractivity (Wildman–Crippen MR) is 107 cm³/mol. The molecule has 1 N–H and O–H groups in total. The lowest BCUT2D eigenvalue weighted by atomic mass is 10.1. The average Bonchev–Trinajstić information content (AvgIpc) is 3.43. The Balaban J connectivity index is 1.37. The van der Waals surface area contributed by atoms with Gasteiger partial charge in [-0.05, 0) is 65.2 Å². The van der Waals surface area contributed by atoms with Gasteiger partial charge in [0, 0.05) is 5.69 Å². The van der Waals surface area contributed by atoms with Crippen LogP contribution in [0.25, 0.3) is 5.69 Å². The van der Waals surface area contributed by atoms with E-state index >= 15 is 0 Å². The van der Waals surface area contributed by atoms with Crippen molar-refractivity contribution in [2.75, 3.05) is 5.32 Å². The summed E-state index contributed by atoms with van der Waals surface area (Å²) >= 11 is 0. The Morgan fingerprint density at radius 3 is 2.34 bits per heavy atom. The quantitative estimate of drug-likeness (QED) is 0.668. The molecule has 0 saturated heterocycles. The molecule has 0 radical (unpaired) electrons. The molecule has 1 aromatic heterocycles. The maximum Gasteiger partial charge on any atom is 0.228 e. The Bertz CT molecular complexity index is 1070. The molecule has 150 valence electrons. The van der Waals surface area contributed by atoms with Gasteiger partial charge in [0.2, 0.25) is 5.91 Å². The number of rotatable bonds is 6. The summed E-state index contributed by atoms with van der Waals surface area (Å²) in [6, 6.07) is 13.8. The smallest absolute Gasteiger partial charge is 0.228 e. The molecule has 3 aromatic rings. The van der Waals surface area contributed by atoms with Crippen LogP contribution in [0.4, 0.5) is 5.69 Å². The zero-order valence-electron chi connectivity index (χ0n) is 15.7. The maximum atomic E-state index is 12.6. The van der Waals surface area contributed by atoms with Crippen molar-refractivity contribution in [2.45, 2.75) is 42.2 Å². The van der Waals surface area contributed by atoms with Crippen molar-refractivity contribution in [3.63, 3.8) is 0 Å². The van der Waals surface area contributed by atoms with E-state index in [1.165, 1.54) is 11.0 Å². The molecule has 1 aliphatic carbocycles. The van der Waals surface area contributed by atoms with E-state index in [1.807, 2.05) is 24.3 Å². The second-order valence-electron chi connectivity index (χ2n) is 7.12. The first kappa shape index (κ1) is 19.3. The van der Waals surface area contributed by atoms with Gasteiger partial charge in [-0.25, -0.2) is 13.1 Å². The number of hydrogen-bond acceptors (Lipinski definition) is 6. The van der Waals surface area contributed by atoms with Crippen LogP contribution in [0.3, 0.4) is 0 Å². The number of carbonyl (C=O) groups excluding carboxylic acids is 1. The van der Waals surface area contributed by atoms with E-state index in [1.54, 1.807) is 24.3 Å². The first-order chi connectivity index (χ1) is 14.0. The minimum atomic E-state index is -3.28. The van der Waals surface area contributed by atoms with Crippen molar-refractivity contribution in [2.24, 2.45) is 0 Å². The Morgan fingerprint density at radius 2 is 1.72 bits per heavy atom. The summed E-state index contributed by atoms with van der Waals surface area (Å²) in [6.07, 6.45) is 5.10. The van der Waals surface area contributed by atoms with Crippen molar-refractivity contribution < 1.29 is 13.2 Å². The molecule has 0 spiro atoms. The van der Waals surface area contributed by atoms with E-state index in [0.29, 0.717) is 10.6 Å². The fraction of sp³-hybridized carbons (Fsp3) is 0.300. The minimum absolute atomic E-state index is 0.174. The molecule has 9 heteroatoms. The van der Waals surface area contributed by atoms with E-state index in [4.69, 9.17) is 0 Å². The molecular formula is C20H21N5O3S. The zero-order chi connectivity index (χ0) is 20.3. The minimum Gasteiger partial charge on any atom is -0.326 e. The van der Waals surface area contributed by atoms with E-state index in [-0.39, 0.29) is 17.6 Å². The number of nitrogens with zero attached hydrogens (tertiary/aromatic N) is 4. The summed E-state index contributed by atoms with van der Waals surface area (Å²) in [4.78, 5) is 12.6. The van der Waals surface area contributed by atoms with Crippen LogP contribution >= 0.6 is 0 Å². The first-order valence-electron chi connectivity index (χ1n) is 9.48. The number of benzene rings is 2. The summed E-state index contributed by atoms with van der Waals surface area (Å²) in [6.45, 7) is 0. The molecule has 1 saturated carbocycles. The van der Waals surface area contributed by atoms with Gasteiger partial charge >= 0.3 is 0 Å². The Hall–Kier alpha value is -3.07. The van der Waals surface area contributed by atoms with Gasteiger partial charge in [0.1, 0.15) is 6.33 Å². The highest BCUT2D eigenvalue weighted by Gasteiger charge is 2.30. The first-order valence-corrected chi connectivity index (χ1v) is 11.0. The van der Waals surface area contributed by atoms with Gasteiger partial charge in [-0.3, -0.25) is 4.79 Å². The van der Waals surface area contributed by atoms with E-state index in [0.717, 1.165) is 36.9 Å². The van der Waals surface area contributed by atoms with Gasteiger partial charge in [-0.1, -0.05) is 25.0 Å². The Kier molecular flexibility index (Phi) is 5.39. The van der Waals surface area contributed by atoms with Crippen molar-refractivity contribution in [1.29, 1.82) is 0 Å². The molecule has 0 aliphatic heterocycles. The number of nitrogens with one attached hydrogen (secondary N) is 1. The zero-order valence-corrected chi connectivity index (χ0v) is 16.5. The average molecular weight is 411 g/mol. The van der Waals surface area contributed by atoms with Crippen LogP contribution in [0.5, 0.6) is 0 Å². The summed E-state index contributed by atoms with van der Waals surface area (Å²) in [5, 5.41) is 13.5. The SMILES string of the molecule is O=C(Cc1ccc(-n2cnnn2)cc1)Nc1ccc(S(=O)(=O)C2CCCC2)cc1. The Labute approximate surface area is 168 Å². The predicted octanol–water partition coefficient (Wildman–Crippen LogP) is 2.56. The van der Waals surface area contributed by atoms with Crippen molar-refractivity contribution in [3.05, 3.63) is 60.4 Å². The van der Waals surface area contributed by atoms with Crippen LogP contribution in [0, 0.1) is 0 Å². The van der Waals surface area contributed by atoms with Gasteiger partial charge in [-0.2, -0.15) is 0 Å². The normalized spacial score (nSPS) is 14.8. The molecular weight excluding hydrogens is 390 g/mol. The van der Waals surface area contributed by atoms with Crippen LogP contribution in [0.15, 0.2) is 59.8 Å². The number of sulfone groups is 1. The maximum absolute atomic E-state index is 12.6. The van der Waals surface area contributed by atoms with Gasteiger partial charge in [0.05, 0.1) is 22.3 Å². The largest absolute Gasteiger partial charge is 0.326 e. The van der Waals surface area contributed by atoms with Crippen LogP contribution in [0.2, 0.25) is 0 Å². The lowest BCUT2D eigenvalue weighted by molar-refractivity contribution is -0.115. The highest BCUT2D eigenvalue weighted by atomic mass is 32.2. The lowest BCUT2D eigenvalue weighted by Gasteiger charge is -2.12. The van der Waals surface area contributed by atoms with E-state index in [2.05, 4.69) is 20.8 Å². The highest BCUT2D eigenvalue weighted by Crippen LogP contribution is 2.30. The second kappa shape index (κ2) is 8.12. The number of aromatic nitrogens is 4. The topological polar surface area (TPSA) is 107 Å². The van der Waals surface area contributed by atoms with Crippen LogP contribution < -0.4 is 5.32 Å². The van der Waals surface area contributed by atoms with Crippen molar-refractivity contribution in [1.82, 2.24) is 20.2 Å². The molecule has 8 nitrogen and oxygen atoms in total. The fourth-order valence-electron chi connectivity index (χ4n) is 3.56. The highest BCUT2D eigenvalue weighted by molar-refractivity contribution is 7.92. The van der Waals surface area contributed by atoms with Crippen LogP contribution in [-0.4, -0.2) is 39.8 Å². The fourth-order valence-corrected chi connectivity index (χ4v) is 5.41. The molecule has 0 unspecified atom stereocenters. The van der Waals surface area contributed by atoms with Crippen molar-refractivity contribution in [3.8, 4) is 5.69 Å². The Morgan fingerprint density at radius 1 is 1.03 bits per heavy atom. The molecule has 0 bridgehead atoms. The number of anilines is 1. The summed E-state index contributed by atoms with van der Waals surface area (Å²) in [5.41, 5.74) is 2.23. The second-order valence-corrected chi connectivity index (χ2v) is 9.35. The standard InChI is InChI=1S/C20H21N5O3S/c26-20(13-15-5-9-17(10-6-15)25-14-21-23-24-25)22-16-7-11-19(12-8-16)29(27,28)18-3-1-2-4-18/h5-12,14,18H,1-4,13H2,(H,22,26). The molecule has 1 heterocycles. The molecule has 1 fully saturated rings. The summed E-state index contributed by atoms with van der Waals surface area (Å²) < 4.78 is 26.8. The monoisotopic (exact) mass is 411 g/mol. The van der Waals surface area contributed by atoms with Crippen molar-refractivity contribution >= 4 is 21.4 Å². The van der Waals surface area contributed by atoms with Gasteiger partial charge in [0.15, 0.2) is 9.84 Å². The molecule has 1 aliphatic rings. The molecule has 1 amide bonds. The third kappa shape index (κ3) is 4.34. The number of amides is 1. The molecule has 29 heavy (non-hydrogen) atoms. The lowest BCUT2D eigenvalue weighted by Crippen LogP contribution is -2.18. The number of tetrazole rings is 1. The van der Waals surface area contributed by atoms with E-state index < -0.39 is 9.84 Å². The number of hydrogen-bond donors (Lipinski definition) is 1. The van der Waals surface area contributed by atoms with Gasteiger partial charge in [0.25, 0.3) is 0 Å². The van der Waals surface area contributed by atoms with Crippen LogP contribution in [-0.2, 0) is 21.1 Å². The molecule has 2 aromatic carbocycles. The van der Waals surface area contributed by atoms with Crippen LogP contribution in [0.1, 0.15) is 31.2 Å². The number of carbonyl (C=O) groups is 1. The van der Waals surface area contributed by atoms with Gasteiger partial charge in [-0.15, -0.1) is 5.10 Å². The molecule has 4 rings (SSSR count).